The highest BCUT2D eigenvalue weighted by atomic mass is 16.6. The summed E-state index contributed by atoms with van der Waals surface area (Å²) in [6, 6.07) is 6.97. The first-order valence-electron chi connectivity index (χ1n) is 7.81. The molecule has 1 amide bonds. The highest BCUT2D eigenvalue weighted by Gasteiger charge is 2.18. The Morgan fingerprint density at radius 2 is 2.04 bits per heavy atom. The Labute approximate surface area is 142 Å². The average Bonchev–Trinajstić information content (AvgIpc) is 3.30. The molecular formula is C16H15N5O4. The number of ether oxygens (including phenoxy) is 2. The van der Waals surface area contributed by atoms with Crippen LogP contribution in [0.2, 0.25) is 0 Å². The minimum atomic E-state index is -0.364. The molecule has 0 radical (unpaired) electrons. The summed E-state index contributed by atoms with van der Waals surface area (Å²) >= 11 is 0. The number of hydrogen-bond acceptors (Lipinski definition) is 7. The van der Waals surface area contributed by atoms with E-state index in [9.17, 15) is 4.79 Å². The third-order valence-electron chi connectivity index (χ3n) is 3.68. The number of carbonyl (C=O) groups excluding carboxylic acids is 1. The molecule has 9 nitrogen and oxygen atoms in total. The van der Waals surface area contributed by atoms with Gasteiger partial charge in [0.1, 0.15) is 18.9 Å². The van der Waals surface area contributed by atoms with Crippen LogP contribution in [0.1, 0.15) is 17.4 Å². The first-order chi connectivity index (χ1) is 12.2. The van der Waals surface area contributed by atoms with E-state index in [0.717, 1.165) is 0 Å². The van der Waals surface area contributed by atoms with Crippen LogP contribution in [0.4, 0.5) is 6.01 Å². The Bertz CT molecular complexity index is 917. The van der Waals surface area contributed by atoms with Crippen molar-refractivity contribution in [2.24, 2.45) is 0 Å². The number of rotatable bonds is 4. The Hall–Kier alpha value is -3.36. The molecule has 0 atom stereocenters. The molecule has 4 rings (SSSR count). The van der Waals surface area contributed by atoms with Crippen LogP contribution in [0.3, 0.4) is 0 Å². The largest absolute Gasteiger partial charge is 0.486 e. The molecule has 1 aliphatic rings. The van der Waals surface area contributed by atoms with Gasteiger partial charge in [-0.2, -0.15) is 5.10 Å². The second-order valence-corrected chi connectivity index (χ2v) is 5.26. The summed E-state index contributed by atoms with van der Waals surface area (Å²) in [5, 5.41) is 14.5. The number of fused-ring (bicyclic) bond motifs is 1. The Morgan fingerprint density at radius 1 is 1.20 bits per heavy atom. The van der Waals surface area contributed by atoms with Crippen molar-refractivity contribution in [3.8, 4) is 23.0 Å². The monoisotopic (exact) mass is 341 g/mol. The summed E-state index contributed by atoms with van der Waals surface area (Å²) in [5.74, 6) is 1.21. The van der Waals surface area contributed by atoms with Gasteiger partial charge in [0, 0.05) is 18.3 Å². The summed E-state index contributed by atoms with van der Waals surface area (Å²) in [6.07, 6.45) is 1.56. The van der Waals surface area contributed by atoms with E-state index in [1.165, 1.54) is 0 Å². The van der Waals surface area contributed by atoms with Crippen molar-refractivity contribution in [1.29, 1.82) is 0 Å². The van der Waals surface area contributed by atoms with E-state index < -0.39 is 0 Å². The molecule has 2 aromatic heterocycles. The van der Waals surface area contributed by atoms with Gasteiger partial charge >= 0.3 is 6.01 Å². The van der Waals surface area contributed by atoms with Crippen LogP contribution in [0, 0.1) is 0 Å². The molecule has 0 unspecified atom stereocenters. The van der Waals surface area contributed by atoms with Crippen LogP contribution in [-0.2, 0) is 6.54 Å². The van der Waals surface area contributed by atoms with Gasteiger partial charge in [0.05, 0.1) is 0 Å². The summed E-state index contributed by atoms with van der Waals surface area (Å²) in [7, 11) is 0. The molecule has 0 fully saturated rings. The van der Waals surface area contributed by atoms with E-state index in [1.807, 2.05) is 6.92 Å². The van der Waals surface area contributed by atoms with Crippen molar-refractivity contribution >= 4 is 11.9 Å². The second kappa shape index (κ2) is 6.27. The third kappa shape index (κ3) is 2.91. The van der Waals surface area contributed by atoms with E-state index in [-0.39, 0.29) is 17.8 Å². The van der Waals surface area contributed by atoms with E-state index in [1.54, 1.807) is 35.1 Å². The van der Waals surface area contributed by atoms with Gasteiger partial charge < -0.3 is 13.9 Å². The Morgan fingerprint density at radius 3 is 2.88 bits per heavy atom. The van der Waals surface area contributed by atoms with Crippen molar-refractivity contribution < 1.29 is 18.7 Å². The SMILES string of the molecule is CCn1nccc1C(=O)Nc1nnc(-c2ccc3c(c2)OCCO3)o1. The molecular weight excluding hydrogens is 326 g/mol. The Balaban J connectivity index is 1.53. The van der Waals surface area contributed by atoms with Crippen LogP contribution in [0.15, 0.2) is 34.9 Å². The standard InChI is InChI=1S/C16H15N5O4/c1-2-21-11(5-6-17-21)14(22)18-16-20-19-15(25-16)10-3-4-12-13(9-10)24-8-7-23-12/h3-6,9H,2,7-8H2,1H3,(H,18,20,22). The van der Waals surface area contributed by atoms with E-state index >= 15 is 0 Å². The fourth-order valence-corrected chi connectivity index (χ4v) is 2.51. The number of aromatic nitrogens is 4. The lowest BCUT2D eigenvalue weighted by molar-refractivity contribution is 0.101. The molecule has 0 spiro atoms. The normalized spacial score (nSPS) is 12.8. The Kier molecular flexibility index (Phi) is 3.81. The van der Waals surface area contributed by atoms with Crippen LogP contribution < -0.4 is 14.8 Å². The second-order valence-electron chi connectivity index (χ2n) is 5.26. The zero-order chi connectivity index (χ0) is 17.2. The molecule has 0 bridgehead atoms. The van der Waals surface area contributed by atoms with Crippen molar-refractivity contribution in [2.45, 2.75) is 13.5 Å². The minimum Gasteiger partial charge on any atom is -0.486 e. The van der Waals surface area contributed by atoms with Crippen molar-refractivity contribution in [3.63, 3.8) is 0 Å². The van der Waals surface area contributed by atoms with Gasteiger partial charge in [-0.05, 0) is 31.2 Å². The number of anilines is 1. The van der Waals surface area contributed by atoms with E-state index in [4.69, 9.17) is 13.9 Å². The number of nitrogens with one attached hydrogen (secondary N) is 1. The van der Waals surface area contributed by atoms with Crippen LogP contribution >= 0.6 is 0 Å². The number of nitrogens with zero attached hydrogens (tertiary/aromatic N) is 4. The quantitative estimate of drug-likeness (QED) is 0.773. The van der Waals surface area contributed by atoms with Gasteiger partial charge in [-0.1, -0.05) is 5.10 Å². The minimum absolute atomic E-state index is 0.0127. The van der Waals surface area contributed by atoms with Crippen molar-refractivity contribution in [1.82, 2.24) is 20.0 Å². The number of benzene rings is 1. The molecule has 0 saturated heterocycles. The van der Waals surface area contributed by atoms with Gasteiger partial charge in [0.25, 0.3) is 5.91 Å². The lowest BCUT2D eigenvalue weighted by atomic mass is 10.2. The fourth-order valence-electron chi connectivity index (χ4n) is 2.51. The van der Waals surface area contributed by atoms with E-state index in [0.29, 0.717) is 42.5 Å². The molecule has 1 aromatic carbocycles. The summed E-state index contributed by atoms with van der Waals surface area (Å²) in [5.41, 5.74) is 1.09. The summed E-state index contributed by atoms with van der Waals surface area (Å²) < 4.78 is 18.1. The molecule has 1 N–H and O–H groups in total. The van der Waals surface area contributed by atoms with Crippen molar-refractivity contribution in [2.75, 3.05) is 18.5 Å². The van der Waals surface area contributed by atoms with E-state index in [2.05, 4.69) is 20.6 Å². The molecule has 9 heteroatoms. The zero-order valence-electron chi connectivity index (χ0n) is 13.4. The summed E-state index contributed by atoms with van der Waals surface area (Å²) in [4.78, 5) is 12.3. The first-order valence-corrected chi connectivity index (χ1v) is 7.81. The van der Waals surface area contributed by atoms with Crippen LogP contribution in [0.25, 0.3) is 11.5 Å². The molecule has 0 aliphatic carbocycles. The number of aryl methyl sites for hydroxylation is 1. The smallest absolute Gasteiger partial charge is 0.322 e. The van der Waals surface area contributed by atoms with Gasteiger partial charge in [0.2, 0.25) is 5.89 Å². The van der Waals surface area contributed by atoms with Crippen LogP contribution in [0.5, 0.6) is 11.5 Å². The maximum absolute atomic E-state index is 12.3. The molecule has 3 heterocycles. The first kappa shape index (κ1) is 15.2. The molecule has 3 aromatic rings. The van der Waals surface area contributed by atoms with Gasteiger partial charge in [-0.3, -0.25) is 14.8 Å². The number of amides is 1. The van der Waals surface area contributed by atoms with Crippen LogP contribution in [-0.4, -0.2) is 39.1 Å². The maximum Gasteiger partial charge on any atom is 0.322 e. The van der Waals surface area contributed by atoms with Gasteiger partial charge in [0.15, 0.2) is 11.5 Å². The van der Waals surface area contributed by atoms with Crippen molar-refractivity contribution in [3.05, 3.63) is 36.2 Å². The number of carbonyl (C=O) groups is 1. The lowest BCUT2D eigenvalue weighted by Crippen LogP contribution is -2.17. The highest BCUT2D eigenvalue weighted by Crippen LogP contribution is 2.34. The maximum atomic E-state index is 12.3. The molecule has 128 valence electrons. The molecule has 0 saturated carbocycles. The fraction of sp³-hybridized carbons (Fsp3) is 0.250. The predicted octanol–water partition coefficient (Wildman–Crippen LogP) is 1.98. The van der Waals surface area contributed by atoms with Gasteiger partial charge in [-0.15, -0.1) is 5.10 Å². The number of hydrogen-bond donors (Lipinski definition) is 1. The average molecular weight is 341 g/mol. The zero-order valence-corrected chi connectivity index (χ0v) is 13.4. The third-order valence-corrected chi connectivity index (χ3v) is 3.68. The predicted molar refractivity (Wildman–Crippen MR) is 86.6 cm³/mol. The summed E-state index contributed by atoms with van der Waals surface area (Å²) in [6.45, 7) is 3.50. The topological polar surface area (TPSA) is 104 Å². The highest BCUT2D eigenvalue weighted by molar-refractivity contribution is 6.01. The molecule has 1 aliphatic heterocycles. The van der Waals surface area contributed by atoms with Gasteiger partial charge in [-0.25, -0.2) is 0 Å². The molecule has 25 heavy (non-hydrogen) atoms. The lowest BCUT2D eigenvalue weighted by Gasteiger charge is -2.18.